The molecule has 2 aliphatic heterocycles. The van der Waals surface area contributed by atoms with Gasteiger partial charge in [0.2, 0.25) is 21.8 Å². The van der Waals surface area contributed by atoms with Gasteiger partial charge in [0.1, 0.15) is 0 Å². The summed E-state index contributed by atoms with van der Waals surface area (Å²) < 4.78 is 28.2. The van der Waals surface area contributed by atoms with Gasteiger partial charge in [-0.1, -0.05) is 23.7 Å². The topological polar surface area (TPSA) is 86.8 Å². The van der Waals surface area contributed by atoms with E-state index in [0.29, 0.717) is 43.9 Å². The van der Waals surface area contributed by atoms with Crippen LogP contribution in [0.1, 0.15) is 43.7 Å². The molecule has 2 amide bonds. The van der Waals surface area contributed by atoms with Crippen molar-refractivity contribution >= 4 is 39.1 Å². The van der Waals surface area contributed by atoms with E-state index in [9.17, 15) is 18.0 Å². The van der Waals surface area contributed by atoms with Crippen LogP contribution in [-0.4, -0.2) is 50.2 Å². The predicted octanol–water partition coefficient (Wildman–Crippen LogP) is 3.79. The van der Waals surface area contributed by atoms with Crippen molar-refractivity contribution in [1.29, 1.82) is 0 Å². The van der Waals surface area contributed by atoms with Crippen LogP contribution in [0.4, 0.5) is 5.69 Å². The van der Waals surface area contributed by atoms with Gasteiger partial charge in [0.25, 0.3) is 0 Å². The van der Waals surface area contributed by atoms with Gasteiger partial charge >= 0.3 is 0 Å². The number of hydrogen-bond acceptors (Lipinski definition) is 4. The molecule has 7 nitrogen and oxygen atoms in total. The number of nitrogens with zero attached hydrogens (tertiary/aromatic N) is 2. The van der Waals surface area contributed by atoms with Crippen LogP contribution in [-0.2, 0) is 32.5 Å². The maximum Gasteiger partial charge on any atom is 0.243 e. The second kappa shape index (κ2) is 10.1. The van der Waals surface area contributed by atoms with E-state index in [2.05, 4.69) is 5.32 Å². The molecular weight excluding hydrogens is 498 g/mol. The number of fused-ring (bicyclic) bond motifs is 1. The van der Waals surface area contributed by atoms with Gasteiger partial charge in [-0.3, -0.25) is 9.59 Å². The number of rotatable bonds is 7. The summed E-state index contributed by atoms with van der Waals surface area (Å²) in [4.78, 5) is 27.5. The Hall–Kier alpha value is -2.42. The van der Waals surface area contributed by atoms with Gasteiger partial charge in [0.15, 0.2) is 0 Å². The summed E-state index contributed by atoms with van der Waals surface area (Å²) in [6.07, 6.45) is 4.27. The molecule has 0 unspecified atom stereocenters. The standard InChI is InChI=1S/C27H32ClN3O4S/c1-18-16-22-17-24(8-9-25(22)31(18)27(33)21-4-5-21)36(34,35)30-14-11-20(12-15-30)26(32)29-13-10-19-2-6-23(28)7-3-19/h2-3,6-9,17-18,20-21H,4-5,10-16H2,1H3,(H,29,32)/t18-/m0/s1. The van der Waals surface area contributed by atoms with Crippen molar-refractivity contribution in [3.63, 3.8) is 0 Å². The average molecular weight is 530 g/mol. The molecular formula is C27H32ClN3O4S. The summed E-state index contributed by atoms with van der Waals surface area (Å²) in [5.74, 6) is 0.0700. The average Bonchev–Trinajstić information content (AvgIpc) is 3.67. The highest BCUT2D eigenvalue weighted by Gasteiger charge is 2.40. The van der Waals surface area contributed by atoms with Crippen molar-refractivity contribution in [2.75, 3.05) is 24.5 Å². The van der Waals surface area contributed by atoms with Crippen LogP contribution in [0.3, 0.4) is 0 Å². The Kier molecular flexibility index (Phi) is 7.12. The summed E-state index contributed by atoms with van der Waals surface area (Å²) in [6.45, 7) is 3.18. The molecule has 2 aromatic rings. The lowest BCUT2D eigenvalue weighted by molar-refractivity contribution is -0.126. The van der Waals surface area contributed by atoms with Gasteiger partial charge in [-0.15, -0.1) is 0 Å². The summed E-state index contributed by atoms with van der Waals surface area (Å²) >= 11 is 5.91. The van der Waals surface area contributed by atoms with Gasteiger partial charge in [0, 0.05) is 48.2 Å². The van der Waals surface area contributed by atoms with Crippen LogP contribution >= 0.6 is 11.6 Å². The predicted molar refractivity (Wildman–Crippen MR) is 139 cm³/mol. The third-order valence-corrected chi connectivity index (χ3v) is 9.67. The minimum Gasteiger partial charge on any atom is -0.356 e. The van der Waals surface area contributed by atoms with Crippen LogP contribution in [0.2, 0.25) is 5.02 Å². The lowest BCUT2D eigenvalue weighted by Gasteiger charge is -2.30. The monoisotopic (exact) mass is 529 g/mol. The van der Waals surface area contributed by atoms with E-state index < -0.39 is 10.0 Å². The molecule has 192 valence electrons. The Bertz CT molecular complexity index is 1250. The molecule has 1 aliphatic carbocycles. The molecule has 36 heavy (non-hydrogen) atoms. The Balaban J connectivity index is 1.17. The first kappa shape index (κ1) is 25.2. The van der Waals surface area contributed by atoms with Gasteiger partial charge in [-0.05, 0) is 86.9 Å². The summed E-state index contributed by atoms with van der Waals surface area (Å²) in [6, 6.07) is 12.7. The van der Waals surface area contributed by atoms with Crippen molar-refractivity contribution in [1.82, 2.24) is 9.62 Å². The van der Waals surface area contributed by atoms with Gasteiger partial charge in [-0.2, -0.15) is 4.31 Å². The molecule has 2 fully saturated rings. The molecule has 3 aliphatic rings. The number of anilines is 1. The van der Waals surface area contributed by atoms with Gasteiger partial charge < -0.3 is 10.2 Å². The molecule has 0 radical (unpaired) electrons. The number of amides is 2. The quantitative estimate of drug-likeness (QED) is 0.591. The van der Waals surface area contributed by atoms with E-state index in [-0.39, 0.29) is 34.6 Å². The van der Waals surface area contributed by atoms with E-state index in [0.717, 1.165) is 36.1 Å². The normalized spacial score (nSPS) is 20.8. The minimum absolute atomic E-state index is 0.0204. The van der Waals surface area contributed by atoms with E-state index in [1.165, 1.54) is 4.31 Å². The van der Waals surface area contributed by atoms with Crippen molar-refractivity contribution < 1.29 is 18.0 Å². The lowest BCUT2D eigenvalue weighted by atomic mass is 9.97. The maximum atomic E-state index is 13.4. The Labute approximate surface area is 217 Å². The number of carbonyl (C=O) groups is 2. The Morgan fingerprint density at radius 2 is 1.69 bits per heavy atom. The number of halogens is 1. The molecule has 0 spiro atoms. The highest BCUT2D eigenvalue weighted by Crippen LogP contribution is 2.40. The Morgan fingerprint density at radius 1 is 1.00 bits per heavy atom. The van der Waals surface area contributed by atoms with Crippen molar-refractivity contribution in [3.8, 4) is 0 Å². The molecule has 1 saturated heterocycles. The first-order chi connectivity index (χ1) is 17.2. The van der Waals surface area contributed by atoms with Crippen LogP contribution in [0.15, 0.2) is 47.4 Å². The minimum atomic E-state index is -3.66. The zero-order valence-corrected chi connectivity index (χ0v) is 22.0. The highest BCUT2D eigenvalue weighted by atomic mass is 35.5. The number of hydrogen-bond donors (Lipinski definition) is 1. The fourth-order valence-electron chi connectivity index (χ4n) is 5.26. The second-order valence-corrected chi connectivity index (χ2v) is 12.5. The molecule has 0 bridgehead atoms. The largest absolute Gasteiger partial charge is 0.356 e. The first-order valence-corrected chi connectivity index (χ1v) is 14.5. The fraction of sp³-hybridized carbons (Fsp3) is 0.481. The lowest BCUT2D eigenvalue weighted by Crippen LogP contribution is -2.43. The van der Waals surface area contributed by atoms with Crippen molar-refractivity contribution in [2.24, 2.45) is 11.8 Å². The molecule has 1 atom stereocenters. The molecule has 9 heteroatoms. The summed E-state index contributed by atoms with van der Waals surface area (Å²) in [5.41, 5.74) is 2.85. The zero-order chi connectivity index (χ0) is 25.4. The molecule has 2 aromatic carbocycles. The first-order valence-electron chi connectivity index (χ1n) is 12.7. The fourth-order valence-corrected chi connectivity index (χ4v) is 6.91. The van der Waals surface area contributed by atoms with Crippen molar-refractivity contribution in [3.05, 3.63) is 58.6 Å². The number of nitrogens with one attached hydrogen (secondary N) is 1. The Morgan fingerprint density at radius 3 is 2.36 bits per heavy atom. The second-order valence-electron chi connectivity index (χ2n) is 10.2. The van der Waals surface area contributed by atoms with Crippen LogP contribution in [0.25, 0.3) is 0 Å². The zero-order valence-electron chi connectivity index (χ0n) is 20.5. The highest BCUT2D eigenvalue weighted by molar-refractivity contribution is 7.89. The van der Waals surface area contributed by atoms with Crippen molar-refractivity contribution in [2.45, 2.75) is 56.4 Å². The van der Waals surface area contributed by atoms with E-state index >= 15 is 0 Å². The summed E-state index contributed by atoms with van der Waals surface area (Å²) in [5, 5.41) is 3.67. The van der Waals surface area contributed by atoms with Crippen LogP contribution < -0.4 is 10.2 Å². The van der Waals surface area contributed by atoms with Crippen LogP contribution in [0, 0.1) is 11.8 Å². The smallest absolute Gasteiger partial charge is 0.243 e. The van der Waals surface area contributed by atoms with Crippen LogP contribution in [0.5, 0.6) is 0 Å². The maximum absolute atomic E-state index is 13.4. The molecule has 1 N–H and O–H groups in total. The third kappa shape index (κ3) is 5.17. The van der Waals surface area contributed by atoms with E-state index in [4.69, 9.17) is 11.6 Å². The van der Waals surface area contributed by atoms with E-state index in [1.807, 2.05) is 36.1 Å². The van der Waals surface area contributed by atoms with Gasteiger partial charge in [-0.25, -0.2) is 8.42 Å². The molecule has 0 aromatic heterocycles. The number of piperidine rings is 1. The molecule has 5 rings (SSSR count). The third-order valence-electron chi connectivity index (χ3n) is 7.52. The van der Waals surface area contributed by atoms with E-state index in [1.54, 1.807) is 18.2 Å². The SMILES string of the molecule is C[C@H]1Cc2cc(S(=O)(=O)N3CCC(C(=O)NCCc4ccc(Cl)cc4)CC3)ccc2N1C(=O)C1CC1. The number of carbonyl (C=O) groups excluding carboxylic acids is 2. The molecule has 1 saturated carbocycles. The number of sulfonamides is 1. The number of benzene rings is 2. The van der Waals surface area contributed by atoms with Gasteiger partial charge in [0.05, 0.1) is 4.90 Å². The summed E-state index contributed by atoms with van der Waals surface area (Å²) in [7, 11) is -3.66. The molecule has 2 heterocycles.